The van der Waals surface area contributed by atoms with Gasteiger partial charge >= 0.3 is 12.2 Å². The predicted octanol–water partition coefficient (Wildman–Crippen LogP) is 1.85. The number of amides is 4. The Morgan fingerprint density at radius 1 is 1.24 bits per heavy atom. The molecule has 3 aliphatic heterocycles. The van der Waals surface area contributed by atoms with Crippen LogP contribution in [-0.2, 0) is 9.59 Å². The second-order valence-corrected chi connectivity index (χ2v) is 9.78. The minimum Gasteiger partial charge on any atom is -0.335 e. The maximum Gasteiger partial charge on any atom is 0.408 e. The average Bonchev–Trinajstić information content (AvgIpc) is 3.62. The van der Waals surface area contributed by atoms with Crippen molar-refractivity contribution < 1.29 is 27.6 Å². The number of hydrogen-bond acceptors (Lipinski definition) is 10. The number of fused-ring (bicyclic) bond motifs is 1. The van der Waals surface area contributed by atoms with Crippen LogP contribution in [0.5, 0.6) is 0 Å². The number of imide groups is 1. The van der Waals surface area contributed by atoms with Crippen LogP contribution in [0.4, 0.5) is 29.7 Å². The van der Waals surface area contributed by atoms with E-state index in [-0.39, 0.29) is 24.7 Å². The van der Waals surface area contributed by atoms with Crippen molar-refractivity contribution in [1.82, 2.24) is 29.7 Å². The SMILES string of the molecule is C[C@@H](C(=O)Nc1cccc(-c2cnc(N3CCC[C@H]3C(F)(F)F)nc2)n1)N1C=NC2C1C(=O)N(CC#N)C(=O)N2C. The van der Waals surface area contributed by atoms with Crippen molar-refractivity contribution in [2.45, 2.75) is 50.2 Å². The first-order valence-electron chi connectivity index (χ1n) is 12.7. The van der Waals surface area contributed by atoms with Gasteiger partial charge in [-0.05, 0) is 31.9 Å². The van der Waals surface area contributed by atoms with Crippen LogP contribution in [0.15, 0.2) is 35.6 Å². The van der Waals surface area contributed by atoms with Crippen molar-refractivity contribution in [3.05, 3.63) is 30.6 Å². The van der Waals surface area contributed by atoms with E-state index in [0.717, 1.165) is 9.80 Å². The summed E-state index contributed by atoms with van der Waals surface area (Å²) in [5.41, 5.74) is 0.821. The van der Waals surface area contributed by atoms with Gasteiger partial charge in [-0.1, -0.05) is 6.07 Å². The van der Waals surface area contributed by atoms with Crippen LogP contribution in [0.2, 0.25) is 0 Å². The second-order valence-electron chi connectivity index (χ2n) is 9.78. The minimum absolute atomic E-state index is 0.0118. The molecular formula is C25H25F3N10O3. The second kappa shape index (κ2) is 10.6. The number of nitrogens with zero attached hydrogens (tertiary/aromatic N) is 9. The fraction of sp³-hybridized carbons (Fsp3) is 0.440. The fourth-order valence-corrected chi connectivity index (χ4v) is 5.11. The van der Waals surface area contributed by atoms with E-state index in [1.165, 1.54) is 35.6 Å². The van der Waals surface area contributed by atoms with E-state index in [2.05, 4.69) is 25.3 Å². The molecule has 0 saturated carbocycles. The number of pyridine rings is 1. The summed E-state index contributed by atoms with van der Waals surface area (Å²) in [4.78, 5) is 60.2. The lowest BCUT2D eigenvalue weighted by Gasteiger charge is -2.41. The van der Waals surface area contributed by atoms with Crippen LogP contribution >= 0.6 is 0 Å². The van der Waals surface area contributed by atoms with E-state index in [0.29, 0.717) is 17.7 Å². The van der Waals surface area contributed by atoms with Gasteiger partial charge in [-0.25, -0.2) is 29.6 Å². The third-order valence-corrected chi connectivity index (χ3v) is 7.28. The summed E-state index contributed by atoms with van der Waals surface area (Å²) in [6, 6.07) is 2.47. The van der Waals surface area contributed by atoms with Gasteiger partial charge in [0, 0.05) is 31.5 Å². The van der Waals surface area contributed by atoms with Crippen molar-refractivity contribution in [3.8, 4) is 17.3 Å². The number of aliphatic imine (C=N–C) groups is 1. The van der Waals surface area contributed by atoms with Crippen LogP contribution in [0.25, 0.3) is 11.3 Å². The molecule has 13 nitrogen and oxygen atoms in total. The Morgan fingerprint density at radius 2 is 1.98 bits per heavy atom. The number of urea groups is 1. The molecule has 41 heavy (non-hydrogen) atoms. The van der Waals surface area contributed by atoms with E-state index >= 15 is 0 Å². The molecule has 0 aromatic carbocycles. The molecule has 4 amide bonds. The molecule has 1 N–H and O–H groups in total. The first kappa shape index (κ1) is 27.7. The zero-order valence-corrected chi connectivity index (χ0v) is 22.0. The van der Waals surface area contributed by atoms with Crippen LogP contribution < -0.4 is 10.2 Å². The molecule has 0 aliphatic carbocycles. The summed E-state index contributed by atoms with van der Waals surface area (Å²) in [6.45, 7) is 1.34. The fourth-order valence-electron chi connectivity index (χ4n) is 5.11. The number of anilines is 2. The maximum atomic E-state index is 13.3. The number of nitriles is 1. The molecule has 2 aromatic heterocycles. The molecule has 16 heteroatoms. The van der Waals surface area contributed by atoms with Gasteiger partial charge in [-0.2, -0.15) is 18.4 Å². The van der Waals surface area contributed by atoms with Gasteiger partial charge in [0.2, 0.25) is 11.9 Å². The number of halogens is 3. The van der Waals surface area contributed by atoms with Gasteiger partial charge in [0.25, 0.3) is 5.91 Å². The smallest absolute Gasteiger partial charge is 0.335 e. The Kier molecular flexibility index (Phi) is 7.20. The highest BCUT2D eigenvalue weighted by atomic mass is 19.4. The summed E-state index contributed by atoms with van der Waals surface area (Å²) >= 11 is 0. The zero-order valence-electron chi connectivity index (χ0n) is 22.0. The molecule has 0 spiro atoms. The maximum absolute atomic E-state index is 13.3. The normalized spacial score (nSPS) is 23.1. The molecule has 214 valence electrons. The molecule has 0 bridgehead atoms. The highest BCUT2D eigenvalue weighted by Crippen LogP contribution is 2.35. The Balaban J connectivity index is 1.28. The third kappa shape index (κ3) is 5.10. The number of rotatable bonds is 6. The summed E-state index contributed by atoms with van der Waals surface area (Å²) in [7, 11) is 1.47. The number of carbonyl (C=O) groups is 3. The van der Waals surface area contributed by atoms with Gasteiger partial charge in [0.1, 0.15) is 24.4 Å². The lowest BCUT2D eigenvalue weighted by Crippen LogP contribution is -2.66. The molecule has 5 heterocycles. The molecule has 2 saturated heterocycles. The van der Waals surface area contributed by atoms with E-state index in [9.17, 15) is 27.6 Å². The third-order valence-electron chi connectivity index (χ3n) is 7.28. The van der Waals surface area contributed by atoms with Gasteiger partial charge < -0.3 is 20.0 Å². The Bertz CT molecular complexity index is 1430. The molecule has 5 rings (SSSR count). The predicted molar refractivity (Wildman–Crippen MR) is 138 cm³/mol. The van der Waals surface area contributed by atoms with Crippen LogP contribution in [0, 0.1) is 11.3 Å². The summed E-state index contributed by atoms with van der Waals surface area (Å²) < 4.78 is 40.0. The Labute approximate surface area is 232 Å². The first-order chi connectivity index (χ1) is 19.5. The lowest BCUT2D eigenvalue weighted by atomic mass is 10.1. The summed E-state index contributed by atoms with van der Waals surface area (Å²) in [5.74, 6) is -0.979. The van der Waals surface area contributed by atoms with E-state index in [1.54, 1.807) is 31.2 Å². The molecule has 2 aromatic rings. The van der Waals surface area contributed by atoms with Crippen molar-refractivity contribution in [2.75, 3.05) is 30.4 Å². The lowest BCUT2D eigenvalue weighted by molar-refractivity contribution is -0.146. The first-order valence-corrected chi connectivity index (χ1v) is 12.7. The van der Waals surface area contributed by atoms with E-state index < -0.39 is 54.9 Å². The van der Waals surface area contributed by atoms with Crippen molar-refractivity contribution in [1.29, 1.82) is 5.26 Å². The highest BCUT2D eigenvalue weighted by molar-refractivity contribution is 6.03. The quantitative estimate of drug-likeness (QED) is 0.513. The summed E-state index contributed by atoms with van der Waals surface area (Å²) in [5, 5.41) is 11.7. The van der Waals surface area contributed by atoms with Gasteiger partial charge in [0.05, 0.1) is 18.1 Å². The largest absolute Gasteiger partial charge is 0.408 e. The van der Waals surface area contributed by atoms with Gasteiger partial charge in [-0.3, -0.25) is 9.59 Å². The van der Waals surface area contributed by atoms with Crippen LogP contribution in [0.1, 0.15) is 19.8 Å². The Morgan fingerprint density at radius 3 is 2.66 bits per heavy atom. The molecule has 4 atom stereocenters. The van der Waals surface area contributed by atoms with Gasteiger partial charge in [0.15, 0.2) is 12.2 Å². The Hall–Kier alpha value is -4.81. The standard InChI is InChI=1S/C25H25F3N10O3/c1-14(38-13-32-20-19(38)22(40)37(10-8-29)24(41)35(20)2)21(39)34-18-7-3-5-16(33-18)15-11-30-23(31-12-15)36-9-4-6-17(36)25(26,27)28/h3,5,7,11-14,17,19-20H,4,6,9-10H2,1-2H3,(H,33,34,39)/t14-,17-,19?,20?/m0/s1. The number of nitrogens with one attached hydrogen (secondary N) is 1. The van der Waals surface area contributed by atoms with E-state index in [4.69, 9.17) is 5.26 Å². The number of carbonyl (C=O) groups excluding carboxylic acids is 3. The highest BCUT2D eigenvalue weighted by Gasteiger charge is 2.51. The van der Waals surface area contributed by atoms with Crippen molar-refractivity contribution in [2.24, 2.45) is 4.99 Å². The summed E-state index contributed by atoms with van der Waals surface area (Å²) in [6.07, 6.45) is -0.736. The number of hydrogen-bond donors (Lipinski definition) is 1. The minimum atomic E-state index is -4.38. The monoisotopic (exact) mass is 570 g/mol. The molecular weight excluding hydrogens is 545 g/mol. The molecule has 2 unspecified atom stereocenters. The van der Waals surface area contributed by atoms with Crippen molar-refractivity contribution in [3.63, 3.8) is 0 Å². The van der Waals surface area contributed by atoms with Crippen LogP contribution in [-0.4, -0.2) is 104 Å². The molecule has 2 fully saturated rings. The van der Waals surface area contributed by atoms with Gasteiger partial charge in [-0.15, -0.1) is 0 Å². The number of likely N-dealkylation sites (N-methyl/N-ethyl adjacent to an activating group) is 1. The molecule has 3 aliphatic rings. The van der Waals surface area contributed by atoms with E-state index in [1.807, 2.05) is 0 Å². The van der Waals surface area contributed by atoms with Crippen molar-refractivity contribution >= 4 is 36.0 Å². The molecule has 0 radical (unpaired) electrons. The number of alkyl halides is 3. The van der Waals surface area contributed by atoms with Crippen LogP contribution in [0.3, 0.4) is 0 Å². The zero-order chi connectivity index (χ0) is 29.5. The topological polar surface area (TPSA) is 151 Å². The average molecular weight is 571 g/mol. The number of aromatic nitrogens is 3.